The van der Waals surface area contributed by atoms with Gasteiger partial charge in [-0.25, -0.2) is 0 Å². The van der Waals surface area contributed by atoms with Crippen LogP contribution in [-0.2, 0) is 0 Å². The van der Waals surface area contributed by atoms with Gasteiger partial charge in [-0.2, -0.15) is 0 Å². The molecule has 1 heteroatoms. The molecular weight excluding hydrogens is 242 g/mol. The van der Waals surface area contributed by atoms with E-state index in [1.807, 2.05) is 0 Å². The van der Waals surface area contributed by atoms with Crippen LogP contribution >= 0.6 is 0 Å². The predicted octanol–water partition coefficient (Wildman–Crippen LogP) is 5.93. The monoisotopic (exact) mass is 281 g/mol. The molecule has 0 aromatic carbocycles. The zero-order chi connectivity index (χ0) is 14.5. The van der Waals surface area contributed by atoms with E-state index in [1.165, 1.54) is 90.1 Å². The van der Waals surface area contributed by atoms with E-state index in [9.17, 15) is 0 Å². The molecule has 1 rings (SSSR count). The molecule has 0 amide bonds. The van der Waals surface area contributed by atoms with E-state index in [-0.39, 0.29) is 0 Å². The van der Waals surface area contributed by atoms with Gasteiger partial charge in [0, 0.05) is 0 Å². The summed E-state index contributed by atoms with van der Waals surface area (Å²) in [6, 6.07) is 0. The maximum Gasteiger partial charge on any atom is -0.00489 e. The lowest BCUT2D eigenvalue weighted by Gasteiger charge is -2.11. The third kappa shape index (κ3) is 9.00. The van der Waals surface area contributed by atoms with E-state index in [0.29, 0.717) is 0 Å². The van der Waals surface area contributed by atoms with Crippen molar-refractivity contribution in [1.29, 1.82) is 0 Å². The second-order valence-corrected chi connectivity index (χ2v) is 6.99. The van der Waals surface area contributed by atoms with E-state index in [0.717, 1.165) is 11.8 Å². The maximum atomic E-state index is 3.56. The Kier molecular flexibility index (Phi) is 11.4. The molecule has 0 aromatic rings. The molecule has 0 aromatic heterocycles. The molecule has 2 unspecified atom stereocenters. The summed E-state index contributed by atoms with van der Waals surface area (Å²) in [5.41, 5.74) is 0. The Morgan fingerprint density at radius 3 is 1.95 bits per heavy atom. The molecule has 120 valence electrons. The van der Waals surface area contributed by atoms with Crippen LogP contribution in [0.15, 0.2) is 0 Å². The summed E-state index contributed by atoms with van der Waals surface area (Å²) in [4.78, 5) is 0. The van der Waals surface area contributed by atoms with Crippen LogP contribution in [0.2, 0.25) is 0 Å². The van der Waals surface area contributed by atoms with E-state index in [2.05, 4.69) is 19.2 Å². The van der Waals surface area contributed by atoms with Crippen LogP contribution in [0.3, 0.4) is 0 Å². The van der Waals surface area contributed by atoms with Crippen LogP contribution in [0.1, 0.15) is 97.3 Å². The van der Waals surface area contributed by atoms with Crippen molar-refractivity contribution in [3.05, 3.63) is 0 Å². The highest BCUT2D eigenvalue weighted by atomic mass is 14.8. The summed E-state index contributed by atoms with van der Waals surface area (Å²) in [6.45, 7) is 7.04. The van der Waals surface area contributed by atoms with Gasteiger partial charge in [0.25, 0.3) is 0 Å². The Balaban J connectivity index is 1.88. The molecule has 1 aliphatic rings. The lowest BCUT2D eigenvalue weighted by Crippen LogP contribution is -2.16. The van der Waals surface area contributed by atoms with Crippen LogP contribution < -0.4 is 5.32 Å². The Hall–Kier alpha value is -0.0400. The van der Waals surface area contributed by atoms with Crippen molar-refractivity contribution in [2.45, 2.75) is 97.3 Å². The topological polar surface area (TPSA) is 12.0 Å². The van der Waals surface area contributed by atoms with Gasteiger partial charge < -0.3 is 5.32 Å². The highest BCUT2D eigenvalue weighted by Gasteiger charge is 2.23. The van der Waals surface area contributed by atoms with Crippen LogP contribution in [-0.4, -0.2) is 13.1 Å². The van der Waals surface area contributed by atoms with Gasteiger partial charge in [0.2, 0.25) is 0 Å². The lowest BCUT2D eigenvalue weighted by molar-refractivity contribution is 0.417. The highest BCUT2D eigenvalue weighted by molar-refractivity contribution is 4.75. The summed E-state index contributed by atoms with van der Waals surface area (Å²) in [7, 11) is 0. The predicted molar refractivity (Wildman–Crippen MR) is 91.2 cm³/mol. The fourth-order valence-corrected chi connectivity index (χ4v) is 3.67. The van der Waals surface area contributed by atoms with Gasteiger partial charge in [0.05, 0.1) is 0 Å². The summed E-state index contributed by atoms with van der Waals surface area (Å²) in [5, 5.41) is 3.56. The smallest absolute Gasteiger partial charge is 0.00489 e. The third-order valence-electron chi connectivity index (χ3n) is 5.04. The minimum Gasteiger partial charge on any atom is -0.317 e. The first kappa shape index (κ1) is 18.0. The molecule has 0 bridgehead atoms. The molecular formula is C19H39N. The molecule has 1 fully saturated rings. The van der Waals surface area contributed by atoms with Crippen molar-refractivity contribution in [3.63, 3.8) is 0 Å². The standard InChI is InChI=1S/C19H39N/c1-3-5-7-8-11-18-13-14-19(17-18)12-9-10-16-20-15-6-4-2/h18-20H,3-17H2,1-2H3. The Labute approximate surface area is 128 Å². The van der Waals surface area contributed by atoms with E-state index >= 15 is 0 Å². The summed E-state index contributed by atoms with van der Waals surface area (Å²) in [5.74, 6) is 2.15. The molecule has 1 aliphatic carbocycles. The van der Waals surface area contributed by atoms with Gasteiger partial charge in [-0.05, 0) is 44.2 Å². The van der Waals surface area contributed by atoms with Gasteiger partial charge in [0.1, 0.15) is 0 Å². The Bertz CT molecular complexity index is 202. The van der Waals surface area contributed by atoms with Gasteiger partial charge in [0.15, 0.2) is 0 Å². The molecule has 1 nitrogen and oxygen atoms in total. The number of hydrogen-bond acceptors (Lipinski definition) is 1. The van der Waals surface area contributed by atoms with Crippen LogP contribution in [0, 0.1) is 11.8 Å². The van der Waals surface area contributed by atoms with Gasteiger partial charge in [-0.3, -0.25) is 0 Å². The molecule has 0 heterocycles. The molecule has 0 spiro atoms. The molecule has 0 aliphatic heterocycles. The van der Waals surface area contributed by atoms with Gasteiger partial charge in [-0.15, -0.1) is 0 Å². The fourth-order valence-electron chi connectivity index (χ4n) is 3.67. The molecule has 1 N–H and O–H groups in total. The number of hydrogen-bond donors (Lipinski definition) is 1. The van der Waals surface area contributed by atoms with Crippen LogP contribution in [0.4, 0.5) is 0 Å². The molecule has 1 saturated carbocycles. The first-order valence-corrected chi connectivity index (χ1v) is 9.57. The third-order valence-corrected chi connectivity index (χ3v) is 5.04. The second-order valence-electron chi connectivity index (χ2n) is 6.99. The van der Waals surface area contributed by atoms with Crippen molar-refractivity contribution >= 4 is 0 Å². The normalized spacial score (nSPS) is 22.5. The maximum absolute atomic E-state index is 3.56. The van der Waals surface area contributed by atoms with Crippen molar-refractivity contribution in [2.24, 2.45) is 11.8 Å². The summed E-state index contributed by atoms with van der Waals surface area (Å²) in [6.07, 6.45) is 18.9. The number of rotatable bonds is 13. The quantitative estimate of drug-likeness (QED) is 0.412. The van der Waals surface area contributed by atoms with Crippen molar-refractivity contribution in [1.82, 2.24) is 5.32 Å². The Morgan fingerprint density at radius 1 is 0.700 bits per heavy atom. The SMILES string of the molecule is CCCCCCC1CCC(CCCCNCCCC)C1. The first-order chi connectivity index (χ1) is 9.86. The summed E-state index contributed by atoms with van der Waals surface area (Å²) >= 11 is 0. The highest BCUT2D eigenvalue weighted by Crippen LogP contribution is 2.36. The largest absolute Gasteiger partial charge is 0.317 e. The minimum atomic E-state index is 1.07. The number of unbranched alkanes of at least 4 members (excludes halogenated alkanes) is 5. The van der Waals surface area contributed by atoms with Crippen molar-refractivity contribution in [3.8, 4) is 0 Å². The van der Waals surface area contributed by atoms with Crippen molar-refractivity contribution in [2.75, 3.05) is 13.1 Å². The van der Waals surface area contributed by atoms with Gasteiger partial charge >= 0.3 is 0 Å². The fraction of sp³-hybridized carbons (Fsp3) is 1.00. The molecule has 0 saturated heterocycles. The average molecular weight is 282 g/mol. The Morgan fingerprint density at radius 2 is 1.30 bits per heavy atom. The second kappa shape index (κ2) is 12.7. The van der Waals surface area contributed by atoms with Crippen LogP contribution in [0.25, 0.3) is 0 Å². The minimum absolute atomic E-state index is 1.07. The zero-order valence-electron chi connectivity index (χ0n) is 14.3. The lowest BCUT2D eigenvalue weighted by atomic mass is 9.95. The number of nitrogens with one attached hydrogen (secondary N) is 1. The van der Waals surface area contributed by atoms with Gasteiger partial charge in [-0.1, -0.05) is 78.1 Å². The molecule has 0 radical (unpaired) electrons. The molecule has 2 atom stereocenters. The zero-order valence-corrected chi connectivity index (χ0v) is 14.3. The van der Waals surface area contributed by atoms with Crippen LogP contribution in [0.5, 0.6) is 0 Å². The first-order valence-electron chi connectivity index (χ1n) is 9.57. The van der Waals surface area contributed by atoms with Crippen molar-refractivity contribution < 1.29 is 0 Å². The van der Waals surface area contributed by atoms with E-state index in [1.54, 1.807) is 6.42 Å². The average Bonchev–Trinajstić information content (AvgIpc) is 2.90. The van der Waals surface area contributed by atoms with E-state index < -0.39 is 0 Å². The van der Waals surface area contributed by atoms with E-state index in [4.69, 9.17) is 0 Å². The molecule has 20 heavy (non-hydrogen) atoms. The summed E-state index contributed by atoms with van der Waals surface area (Å²) < 4.78 is 0.